The third-order valence-electron chi connectivity index (χ3n) is 1.32. The number of aromatic amines is 1. The first-order valence-electron chi connectivity index (χ1n) is 3.78. The molecule has 0 aliphatic rings. The largest absolute Gasteiger partial charge is 0.330 e. The normalized spacial score (nSPS) is 9.62. The first kappa shape index (κ1) is 9.40. The highest BCUT2D eigenvalue weighted by atomic mass is 16.1. The summed E-state index contributed by atoms with van der Waals surface area (Å²) in [4.78, 5) is 21.6. The summed E-state index contributed by atoms with van der Waals surface area (Å²) < 4.78 is 0. The molecule has 0 aliphatic heterocycles. The highest BCUT2D eigenvalue weighted by Crippen LogP contribution is 1.96. The van der Waals surface area contributed by atoms with E-state index in [-0.39, 0.29) is 24.4 Å². The summed E-state index contributed by atoms with van der Waals surface area (Å²) in [5, 5.41) is 8.26. The maximum atomic E-state index is 11.0. The van der Waals surface area contributed by atoms with Crippen LogP contribution >= 0.6 is 0 Å². The topological polar surface area (TPSA) is 101 Å². The average Bonchev–Trinajstić information content (AvgIpc) is 2.09. The van der Waals surface area contributed by atoms with Crippen LogP contribution in [0.4, 0.5) is 5.82 Å². The maximum Gasteiger partial charge on any atom is 0.264 e. The SMILES string of the molecule is NCCC(=O)Nc1ccc(=O)[nH]n1. The Morgan fingerprint density at radius 1 is 1.62 bits per heavy atom. The van der Waals surface area contributed by atoms with Crippen LogP contribution in [0.5, 0.6) is 0 Å². The molecule has 6 heteroatoms. The lowest BCUT2D eigenvalue weighted by Gasteiger charge is -2.00. The molecule has 1 rings (SSSR count). The van der Waals surface area contributed by atoms with Crippen molar-refractivity contribution in [3.8, 4) is 0 Å². The third-order valence-corrected chi connectivity index (χ3v) is 1.32. The van der Waals surface area contributed by atoms with E-state index < -0.39 is 0 Å². The lowest BCUT2D eigenvalue weighted by atomic mass is 10.4. The van der Waals surface area contributed by atoms with Gasteiger partial charge in [-0.1, -0.05) is 0 Å². The van der Waals surface area contributed by atoms with Crippen molar-refractivity contribution >= 4 is 11.7 Å². The van der Waals surface area contributed by atoms with Crippen LogP contribution in [0.2, 0.25) is 0 Å². The fraction of sp³-hybridized carbons (Fsp3) is 0.286. The van der Waals surface area contributed by atoms with Crippen LogP contribution < -0.4 is 16.6 Å². The second kappa shape index (κ2) is 4.36. The number of amides is 1. The molecule has 0 aliphatic carbocycles. The van der Waals surface area contributed by atoms with Crippen molar-refractivity contribution < 1.29 is 4.79 Å². The second-order valence-electron chi connectivity index (χ2n) is 2.39. The summed E-state index contributed by atoms with van der Waals surface area (Å²) in [7, 11) is 0. The van der Waals surface area contributed by atoms with Crippen molar-refractivity contribution in [3.05, 3.63) is 22.5 Å². The van der Waals surface area contributed by atoms with E-state index in [1.165, 1.54) is 12.1 Å². The van der Waals surface area contributed by atoms with Crippen molar-refractivity contribution in [2.75, 3.05) is 11.9 Å². The van der Waals surface area contributed by atoms with Gasteiger partial charge in [0.1, 0.15) is 0 Å². The Morgan fingerprint density at radius 2 is 2.38 bits per heavy atom. The quantitative estimate of drug-likeness (QED) is 0.561. The number of nitrogens with zero attached hydrogens (tertiary/aromatic N) is 1. The van der Waals surface area contributed by atoms with Crippen molar-refractivity contribution in [2.45, 2.75) is 6.42 Å². The van der Waals surface area contributed by atoms with Gasteiger partial charge in [0.15, 0.2) is 5.82 Å². The predicted octanol–water partition coefficient (Wildman–Crippen LogP) is -0.943. The number of rotatable bonds is 3. The van der Waals surface area contributed by atoms with E-state index in [1.54, 1.807) is 0 Å². The van der Waals surface area contributed by atoms with E-state index in [9.17, 15) is 9.59 Å². The van der Waals surface area contributed by atoms with Gasteiger partial charge >= 0.3 is 0 Å². The monoisotopic (exact) mass is 182 g/mol. The molecule has 0 saturated heterocycles. The van der Waals surface area contributed by atoms with Gasteiger partial charge in [-0.3, -0.25) is 9.59 Å². The van der Waals surface area contributed by atoms with Gasteiger partial charge in [-0.05, 0) is 6.07 Å². The van der Waals surface area contributed by atoms with E-state index in [0.29, 0.717) is 5.82 Å². The fourth-order valence-electron chi connectivity index (χ4n) is 0.751. The minimum Gasteiger partial charge on any atom is -0.330 e. The zero-order chi connectivity index (χ0) is 9.68. The summed E-state index contributed by atoms with van der Waals surface area (Å²) in [5.74, 6) is 0.0973. The number of hydrogen-bond acceptors (Lipinski definition) is 4. The molecule has 1 amide bonds. The van der Waals surface area contributed by atoms with E-state index in [4.69, 9.17) is 5.73 Å². The highest BCUT2D eigenvalue weighted by Gasteiger charge is 2.00. The van der Waals surface area contributed by atoms with Crippen LogP contribution in [-0.2, 0) is 4.79 Å². The lowest BCUT2D eigenvalue weighted by molar-refractivity contribution is -0.116. The standard InChI is InChI=1S/C7H10N4O2/c8-4-3-6(12)9-5-1-2-7(13)11-10-5/h1-2H,3-4,8H2,(H,11,13)(H,9,10,12). The molecule has 0 aromatic carbocycles. The molecular weight excluding hydrogens is 172 g/mol. The zero-order valence-electron chi connectivity index (χ0n) is 6.91. The van der Waals surface area contributed by atoms with Gasteiger partial charge in [0.25, 0.3) is 5.56 Å². The van der Waals surface area contributed by atoms with E-state index >= 15 is 0 Å². The molecule has 0 radical (unpaired) electrons. The molecule has 4 N–H and O–H groups in total. The molecule has 0 atom stereocenters. The van der Waals surface area contributed by atoms with Gasteiger partial charge in [-0.25, -0.2) is 5.10 Å². The molecule has 1 aromatic rings. The molecule has 0 saturated carbocycles. The number of carbonyl (C=O) groups is 1. The zero-order valence-corrected chi connectivity index (χ0v) is 6.91. The maximum absolute atomic E-state index is 11.0. The predicted molar refractivity (Wildman–Crippen MR) is 47.2 cm³/mol. The lowest BCUT2D eigenvalue weighted by Crippen LogP contribution is -2.18. The average molecular weight is 182 g/mol. The Bertz CT molecular complexity index is 326. The van der Waals surface area contributed by atoms with Gasteiger partial charge in [-0.15, -0.1) is 0 Å². The van der Waals surface area contributed by atoms with Gasteiger partial charge < -0.3 is 11.1 Å². The van der Waals surface area contributed by atoms with Crippen molar-refractivity contribution in [1.29, 1.82) is 0 Å². The minimum absolute atomic E-state index is 0.220. The summed E-state index contributed by atoms with van der Waals surface area (Å²) in [6.07, 6.45) is 0.237. The number of nitrogens with one attached hydrogen (secondary N) is 2. The van der Waals surface area contributed by atoms with Crippen molar-refractivity contribution in [3.63, 3.8) is 0 Å². The number of H-pyrrole nitrogens is 1. The summed E-state index contributed by atoms with van der Waals surface area (Å²) in [6.45, 7) is 0.287. The minimum atomic E-state index is -0.308. The van der Waals surface area contributed by atoms with Crippen LogP contribution in [-0.4, -0.2) is 22.6 Å². The van der Waals surface area contributed by atoms with Gasteiger partial charge in [0.2, 0.25) is 5.91 Å². The van der Waals surface area contributed by atoms with E-state index in [2.05, 4.69) is 15.5 Å². The first-order chi connectivity index (χ1) is 6.22. The Balaban J connectivity index is 2.59. The Hall–Kier alpha value is -1.69. The molecule has 13 heavy (non-hydrogen) atoms. The molecule has 70 valence electrons. The Labute approximate surface area is 74.1 Å². The summed E-state index contributed by atoms with van der Waals surface area (Å²) in [6, 6.07) is 2.71. The first-order valence-corrected chi connectivity index (χ1v) is 3.78. The smallest absolute Gasteiger partial charge is 0.264 e. The van der Waals surface area contributed by atoms with E-state index in [0.717, 1.165) is 0 Å². The molecule has 0 unspecified atom stereocenters. The molecule has 0 bridgehead atoms. The van der Waals surface area contributed by atoms with Crippen LogP contribution in [0.25, 0.3) is 0 Å². The number of nitrogens with two attached hydrogens (primary N) is 1. The molecule has 1 aromatic heterocycles. The molecule has 6 nitrogen and oxygen atoms in total. The highest BCUT2D eigenvalue weighted by molar-refractivity contribution is 5.89. The van der Waals surface area contributed by atoms with Gasteiger partial charge in [0.05, 0.1) is 0 Å². The number of hydrogen-bond donors (Lipinski definition) is 3. The Morgan fingerprint density at radius 3 is 2.92 bits per heavy atom. The van der Waals surface area contributed by atoms with Crippen LogP contribution in [0.15, 0.2) is 16.9 Å². The van der Waals surface area contributed by atoms with Crippen LogP contribution in [0, 0.1) is 0 Å². The fourth-order valence-corrected chi connectivity index (χ4v) is 0.751. The molecule has 0 spiro atoms. The Kier molecular flexibility index (Phi) is 3.15. The van der Waals surface area contributed by atoms with Crippen LogP contribution in [0.1, 0.15) is 6.42 Å². The second-order valence-corrected chi connectivity index (χ2v) is 2.39. The third kappa shape index (κ3) is 3.04. The van der Waals surface area contributed by atoms with Gasteiger partial charge in [0, 0.05) is 19.0 Å². The molecular formula is C7H10N4O2. The van der Waals surface area contributed by atoms with E-state index in [1.807, 2.05) is 0 Å². The molecule has 0 fully saturated rings. The number of carbonyl (C=O) groups excluding carboxylic acids is 1. The van der Waals surface area contributed by atoms with Crippen molar-refractivity contribution in [1.82, 2.24) is 10.2 Å². The van der Waals surface area contributed by atoms with Crippen molar-refractivity contribution in [2.24, 2.45) is 5.73 Å². The number of aromatic nitrogens is 2. The molecule has 1 heterocycles. The number of anilines is 1. The van der Waals surface area contributed by atoms with Crippen LogP contribution in [0.3, 0.4) is 0 Å². The summed E-state index contributed by atoms with van der Waals surface area (Å²) in [5.41, 5.74) is 4.86. The summed E-state index contributed by atoms with van der Waals surface area (Å²) >= 11 is 0. The van der Waals surface area contributed by atoms with Gasteiger partial charge in [-0.2, -0.15) is 5.10 Å².